The molecule has 1 atom stereocenters. The van der Waals surface area contributed by atoms with Gasteiger partial charge in [0.25, 0.3) is 0 Å². The topological polar surface area (TPSA) is 49.8 Å². The maximum atomic E-state index is 8.93. The first kappa shape index (κ1) is 9.23. The monoisotopic (exact) mass is 186 g/mol. The van der Waals surface area contributed by atoms with Crippen molar-refractivity contribution in [1.29, 1.82) is 5.26 Å². The van der Waals surface area contributed by atoms with Crippen molar-refractivity contribution in [2.75, 3.05) is 0 Å². The Balaban J connectivity index is 2.26. The molecule has 0 bridgehead atoms. The predicted molar refractivity (Wildman–Crippen MR) is 55.4 cm³/mol. The quantitative estimate of drug-likeness (QED) is 0.770. The number of hydrogen-bond acceptors (Lipinski definition) is 2. The molecule has 72 valence electrons. The highest BCUT2D eigenvalue weighted by Gasteiger charge is 2.26. The Morgan fingerprint density at radius 2 is 2.07 bits per heavy atom. The van der Waals surface area contributed by atoms with E-state index in [4.69, 9.17) is 11.0 Å². The van der Waals surface area contributed by atoms with Gasteiger partial charge in [0.05, 0.1) is 11.6 Å². The van der Waals surface area contributed by atoms with Crippen molar-refractivity contribution in [1.82, 2.24) is 0 Å². The lowest BCUT2D eigenvalue weighted by Gasteiger charge is -2.31. The number of benzene rings is 1. The van der Waals surface area contributed by atoms with E-state index in [9.17, 15) is 0 Å². The second-order valence-corrected chi connectivity index (χ2v) is 3.92. The van der Waals surface area contributed by atoms with Crippen LogP contribution in [0.2, 0.25) is 0 Å². The van der Waals surface area contributed by atoms with Crippen molar-refractivity contribution in [3.05, 3.63) is 35.4 Å². The first-order valence-corrected chi connectivity index (χ1v) is 5.07. The second-order valence-electron chi connectivity index (χ2n) is 3.92. The summed E-state index contributed by atoms with van der Waals surface area (Å²) >= 11 is 0. The van der Waals surface area contributed by atoms with E-state index < -0.39 is 0 Å². The smallest absolute Gasteiger partial charge is 0.0995 e. The Morgan fingerprint density at radius 1 is 1.36 bits per heavy atom. The number of nitriles is 1. The van der Waals surface area contributed by atoms with Gasteiger partial charge in [0.2, 0.25) is 0 Å². The Labute approximate surface area is 84.3 Å². The van der Waals surface area contributed by atoms with Gasteiger partial charge >= 0.3 is 0 Å². The van der Waals surface area contributed by atoms with Crippen molar-refractivity contribution < 1.29 is 0 Å². The molecule has 1 aromatic carbocycles. The van der Waals surface area contributed by atoms with Gasteiger partial charge in [-0.25, -0.2) is 0 Å². The summed E-state index contributed by atoms with van der Waals surface area (Å²) in [5.41, 5.74) is 7.87. The molecule has 0 heterocycles. The number of rotatable bonds is 2. The van der Waals surface area contributed by atoms with Crippen LogP contribution in [0.15, 0.2) is 24.3 Å². The summed E-state index contributed by atoms with van der Waals surface area (Å²) in [6.07, 6.45) is 3.70. The second kappa shape index (κ2) is 3.81. The van der Waals surface area contributed by atoms with Gasteiger partial charge in [0.15, 0.2) is 0 Å². The van der Waals surface area contributed by atoms with Gasteiger partial charge in [0, 0.05) is 6.04 Å². The van der Waals surface area contributed by atoms with E-state index in [-0.39, 0.29) is 6.04 Å². The van der Waals surface area contributed by atoms with Crippen LogP contribution in [0.3, 0.4) is 0 Å². The van der Waals surface area contributed by atoms with Crippen molar-refractivity contribution in [2.24, 2.45) is 11.7 Å². The van der Waals surface area contributed by atoms with Gasteiger partial charge in [-0.1, -0.05) is 24.6 Å². The molecule has 0 spiro atoms. The van der Waals surface area contributed by atoms with E-state index in [2.05, 4.69) is 6.07 Å². The van der Waals surface area contributed by atoms with Crippen LogP contribution in [0.1, 0.15) is 36.4 Å². The van der Waals surface area contributed by atoms with Crippen LogP contribution in [0.4, 0.5) is 0 Å². The minimum Gasteiger partial charge on any atom is -0.324 e. The molecule has 0 radical (unpaired) electrons. The number of hydrogen-bond donors (Lipinski definition) is 1. The Morgan fingerprint density at radius 3 is 2.64 bits per heavy atom. The summed E-state index contributed by atoms with van der Waals surface area (Å²) in [5, 5.41) is 8.93. The van der Waals surface area contributed by atoms with E-state index in [1.807, 2.05) is 24.3 Å². The normalized spacial score (nSPS) is 18.3. The lowest BCUT2D eigenvalue weighted by atomic mass is 9.77. The van der Waals surface area contributed by atoms with Gasteiger partial charge < -0.3 is 5.73 Å². The van der Waals surface area contributed by atoms with Gasteiger partial charge in [-0.3, -0.25) is 0 Å². The first-order chi connectivity index (χ1) is 6.83. The largest absolute Gasteiger partial charge is 0.324 e. The van der Waals surface area contributed by atoms with Crippen LogP contribution in [0, 0.1) is 17.2 Å². The minimum absolute atomic E-state index is 0.0552. The molecule has 1 aliphatic rings. The van der Waals surface area contributed by atoms with Gasteiger partial charge in [0.1, 0.15) is 0 Å². The van der Waals surface area contributed by atoms with Crippen molar-refractivity contribution >= 4 is 0 Å². The minimum atomic E-state index is 0.0552. The SMILES string of the molecule is N#Cc1ccccc1[C@H](N)C1CCC1. The lowest BCUT2D eigenvalue weighted by Crippen LogP contribution is -2.27. The maximum Gasteiger partial charge on any atom is 0.0995 e. The maximum absolute atomic E-state index is 8.93. The zero-order valence-corrected chi connectivity index (χ0v) is 8.11. The molecule has 2 N–H and O–H groups in total. The highest BCUT2D eigenvalue weighted by molar-refractivity contribution is 5.39. The molecule has 14 heavy (non-hydrogen) atoms. The van der Waals surface area contributed by atoms with Crippen LogP contribution < -0.4 is 5.73 Å². The van der Waals surface area contributed by atoms with Crippen molar-refractivity contribution in [3.8, 4) is 6.07 Å². The molecule has 0 saturated heterocycles. The predicted octanol–water partition coefficient (Wildman–Crippen LogP) is 2.36. The first-order valence-electron chi connectivity index (χ1n) is 5.07. The Hall–Kier alpha value is -1.33. The van der Waals surface area contributed by atoms with Crippen LogP contribution in [0.25, 0.3) is 0 Å². The fourth-order valence-corrected chi connectivity index (χ4v) is 1.94. The van der Waals surface area contributed by atoms with Crippen molar-refractivity contribution in [3.63, 3.8) is 0 Å². The fourth-order valence-electron chi connectivity index (χ4n) is 1.94. The standard InChI is InChI=1S/C12H14N2/c13-8-10-4-1-2-7-11(10)12(14)9-5-3-6-9/h1-2,4,7,9,12H,3,5-6,14H2/t12-/m1/s1. The molecule has 1 aliphatic carbocycles. The van der Waals surface area contributed by atoms with Crippen LogP contribution in [-0.2, 0) is 0 Å². The molecule has 1 fully saturated rings. The average molecular weight is 186 g/mol. The zero-order chi connectivity index (χ0) is 9.97. The third-order valence-electron chi connectivity index (χ3n) is 3.10. The molecular weight excluding hydrogens is 172 g/mol. The third-order valence-corrected chi connectivity index (χ3v) is 3.10. The molecule has 1 aromatic rings. The molecule has 0 unspecified atom stereocenters. The molecule has 1 saturated carbocycles. The number of nitrogens with zero attached hydrogens (tertiary/aromatic N) is 1. The van der Waals surface area contributed by atoms with E-state index in [0.29, 0.717) is 5.92 Å². The Kier molecular flexibility index (Phi) is 2.51. The molecule has 0 amide bonds. The van der Waals surface area contributed by atoms with Crippen LogP contribution in [0.5, 0.6) is 0 Å². The average Bonchev–Trinajstić information content (AvgIpc) is 2.15. The molecular formula is C12H14N2. The van der Waals surface area contributed by atoms with E-state index >= 15 is 0 Å². The summed E-state index contributed by atoms with van der Waals surface area (Å²) in [6.45, 7) is 0. The summed E-state index contributed by atoms with van der Waals surface area (Å²) in [7, 11) is 0. The lowest BCUT2D eigenvalue weighted by molar-refractivity contribution is 0.264. The molecule has 0 aliphatic heterocycles. The molecule has 2 rings (SSSR count). The summed E-state index contributed by atoms with van der Waals surface area (Å²) < 4.78 is 0. The number of nitrogens with two attached hydrogens (primary N) is 1. The van der Waals surface area contributed by atoms with Crippen molar-refractivity contribution in [2.45, 2.75) is 25.3 Å². The fraction of sp³-hybridized carbons (Fsp3) is 0.417. The Bertz CT molecular complexity index is 361. The highest BCUT2D eigenvalue weighted by Crippen LogP contribution is 2.36. The van der Waals surface area contributed by atoms with Crippen LogP contribution in [-0.4, -0.2) is 0 Å². The highest BCUT2D eigenvalue weighted by atomic mass is 14.7. The van der Waals surface area contributed by atoms with Gasteiger partial charge in [-0.2, -0.15) is 5.26 Å². The molecule has 2 nitrogen and oxygen atoms in total. The molecule has 0 aromatic heterocycles. The summed E-state index contributed by atoms with van der Waals surface area (Å²) in [6, 6.07) is 9.91. The van der Waals surface area contributed by atoms with E-state index in [0.717, 1.165) is 11.1 Å². The van der Waals surface area contributed by atoms with E-state index in [1.165, 1.54) is 19.3 Å². The summed E-state index contributed by atoms with van der Waals surface area (Å²) in [4.78, 5) is 0. The summed E-state index contributed by atoms with van der Waals surface area (Å²) in [5.74, 6) is 0.587. The van der Waals surface area contributed by atoms with Crippen LogP contribution >= 0.6 is 0 Å². The third kappa shape index (κ3) is 1.51. The van der Waals surface area contributed by atoms with E-state index in [1.54, 1.807) is 0 Å². The molecule has 2 heteroatoms. The van der Waals surface area contributed by atoms with Gasteiger partial charge in [-0.15, -0.1) is 0 Å². The van der Waals surface area contributed by atoms with Gasteiger partial charge in [-0.05, 0) is 30.4 Å². The zero-order valence-electron chi connectivity index (χ0n) is 8.11.